The molecule has 0 radical (unpaired) electrons. The predicted molar refractivity (Wildman–Crippen MR) is 133 cm³/mol. The lowest BCUT2D eigenvalue weighted by atomic mass is 10.0. The third-order valence-corrected chi connectivity index (χ3v) is 5.86. The van der Waals surface area contributed by atoms with Gasteiger partial charge < -0.3 is 25.2 Å². The molecule has 1 saturated heterocycles. The van der Waals surface area contributed by atoms with Crippen LogP contribution in [-0.2, 0) is 9.53 Å². The molecule has 1 atom stereocenters. The van der Waals surface area contributed by atoms with Gasteiger partial charge in [-0.2, -0.15) is 4.98 Å². The Morgan fingerprint density at radius 2 is 2.18 bits per heavy atom. The molecule has 3 N–H and O–H groups in total. The van der Waals surface area contributed by atoms with Crippen LogP contribution in [0.2, 0.25) is 5.02 Å². The highest BCUT2D eigenvalue weighted by molar-refractivity contribution is 6.31. The average molecular weight is 481 g/mol. The summed E-state index contributed by atoms with van der Waals surface area (Å²) in [5.74, 6) is 0.0916. The van der Waals surface area contributed by atoms with Gasteiger partial charge in [-0.05, 0) is 47.9 Å². The summed E-state index contributed by atoms with van der Waals surface area (Å²) >= 11 is 6.26. The number of halogens is 1. The van der Waals surface area contributed by atoms with E-state index in [2.05, 4.69) is 15.2 Å². The minimum Gasteiger partial charge on any atom is -0.478 e. The van der Waals surface area contributed by atoms with Crippen LogP contribution in [0.1, 0.15) is 11.1 Å². The normalized spacial score (nSPS) is 16.1. The van der Waals surface area contributed by atoms with Crippen molar-refractivity contribution >= 4 is 41.1 Å². The Morgan fingerprint density at radius 1 is 1.32 bits per heavy atom. The summed E-state index contributed by atoms with van der Waals surface area (Å²) in [5.41, 5.74) is 4.13. The summed E-state index contributed by atoms with van der Waals surface area (Å²) < 4.78 is 5.62. The SMILES string of the molecule is Cc1ccc(Nc2ncc(-c3cccc(/C=C/C(=O)O)c3)c(N3CCOC(CO)C3)n2)cc1Cl. The maximum atomic E-state index is 10.9. The number of aromatic nitrogens is 2. The van der Waals surface area contributed by atoms with E-state index in [4.69, 9.17) is 26.4 Å². The molecule has 4 rings (SSSR count). The first-order valence-electron chi connectivity index (χ1n) is 10.8. The van der Waals surface area contributed by atoms with Gasteiger partial charge in [-0.1, -0.05) is 35.9 Å². The molecule has 34 heavy (non-hydrogen) atoms. The molecule has 2 aromatic carbocycles. The minimum atomic E-state index is -1.01. The first kappa shape index (κ1) is 23.7. The molecule has 8 nitrogen and oxygen atoms in total. The van der Waals surface area contributed by atoms with Gasteiger partial charge in [-0.15, -0.1) is 0 Å². The van der Waals surface area contributed by atoms with Gasteiger partial charge in [0, 0.05) is 41.6 Å². The molecule has 0 spiro atoms. The van der Waals surface area contributed by atoms with Gasteiger partial charge in [0.1, 0.15) is 5.82 Å². The number of carbonyl (C=O) groups is 1. The van der Waals surface area contributed by atoms with Gasteiger partial charge in [0.2, 0.25) is 5.95 Å². The molecule has 1 aromatic heterocycles. The molecule has 0 bridgehead atoms. The van der Waals surface area contributed by atoms with Crippen molar-refractivity contribution in [3.63, 3.8) is 0 Å². The molecular weight excluding hydrogens is 456 g/mol. The first-order chi connectivity index (χ1) is 16.4. The Bertz CT molecular complexity index is 1220. The van der Waals surface area contributed by atoms with Crippen LogP contribution in [0.15, 0.2) is 54.7 Å². The number of aryl methyl sites for hydroxylation is 1. The molecule has 1 aliphatic rings. The highest BCUT2D eigenvalue weighted by Crippen LogP contribution is 2.32. The topological polar surface area (TPSA) is 108 Å². The van der Waals surface area contributed by atoms with Gasteiger partial charge in [0.05, 0.1) is 19.3 Å². The van der Waals surface area contributed by atoms with Crippen molar-refractivity contribution in [3.05, 3.63) is 70.9 Å². The minimum absolute atomic E-state index is 0.0840. The van der Waals surface area contributed by atoms with Crippen LogP contribution < -0.4 is 10.2 Å². The van der Waals surface area contributed by atoms with Gasteiger partial charge in [-0.25, -0.2) is 9.78 Å². The van der Waals surface area contributed by atoms with Crippen LogP contribution in [0.25, 0.3) is 17.2 Å². The monoisotopic (exact) mass is 480 g/mol. The molecule has 9 heteroatoms. The van der Waals surface area contributed by atoms with Gasteiger partial charge >= 0.3 is 5.97 Å². The second-order valence-corrected chi connectivity index (χ2v) is 8.35. The van der Waals surface area contributed by atoms with Crippen LogP contribution >= 0.6 is 11.6 Å². The van der Waals surface area contributed by atoms with Gasteiger partial charge in [0.15, 0.2) is 0 Å². The van der Waals surface area contributed by atoms with E-state index in [1.165, 1.54) is 0 Å². The number of hydrogen-bond acceptors (Lipinski definition) is 7. The smallest absolute Gasteiger partial charge is 0.328 e. The Kier molecular flexibility index (Phi) is 7.42. The van der Waals surface area contributed by atoms with E-state index in [9.17, 15) is 9.90 Å². The zero-order valence-electron chi connectivity index (χ0n) is 18.6. The Morgan fingerprint density at radius 3 is 2.94 bits per heavy atom. The average Bonchev–Trinajstić information content (AvgIpc) is 2.85. The van der Waals surface area contributed by atoms with Gasteiger partial charge in [-0.3, -0.25) is 0 Å². The molecular formula is C25H25ClN4O4. The number of rotatable bonds is 7. The summed E-state index contributed by atoms with van der Waals surface area (Å²) in [6.07, 6.45) is 4.07. The molecule has 1 aliphatic heterocycles. The van der Waals surface area contributed by atoms with E-state index in [0.717, 1.165) is 34.0 Å². The fraction of sp³-hybridized carbons (Fsp3) is 0.240. The van der Waals surface area contributed by atoms with Crippen molar-refractivity contribution in [1.82, 2.24) is 9.97 Å². The lowest BCUT2D eigenvalue weighted by Crippen LogP contribution is -2.44. The molecule has 3 aromatic rings. The van der Waals surface area contributed by atoms with E-state index >= 15 is 0 Å². The van der Waals surface area contributed by atoms with Crippen molar-refractivity contribution in [2.24, 2.45) is 0 Å². The summed E-state index contributed by atoms with van der Waals surface area (Å²) in [6.45, 7) is 3.40. The molecule has 0 aliphatic carbocycles. The van der Waals surface area contributed by atoms with Crippen LogP contribution in [0.5, 0.6) is 0 Å². The Balaban J connectivity index is 1.73. The molecule has 0 saturated carbocycles. The summed E-state index contributed by atoms with van der Waals surface area (Å²) in [6, 6.07) is 13.2. The number of nitrogens with zero attached hydrogens (tertiary/aromatic N) is 3. The van der Waals surface area contributed by atoms with Crippen molar-refractivity contribution in [2.45, 2.75) is 13.0 Å². The number of morpholine rings is 1. The number of carboxylic acids is 1. The van der Waals surface area contributed by atoms with E-state index in [-0.39, 0.29) is 12.7 Å². The summed E-state index contributed by atoms with van der Waals surface area (Å²) in [7, 11) is 0. The number of anilines is 3. The highest BCUT2D eigenvalue weighted by atomic mass is 35.5. The number of aliphatic carboxylic acids is 1. The quantitative estimate of drug-likeness (QED) is 0.433. The van der Waals surface area contributed by atoms with E-state index in [1.807, 2.05) is 49.4 Å². The van der Waals surface area contributed by atoms with Crippen LogP contribution in [0, 0.1) is 6.92 Å². The first-order valence-corrected chi connectivity index (χ1v) is 11.2. The number of hydrogen-bond donors (Lipinski definition) is 3. The molecule has 1 unspecified atom stereocenters. The van der Waals surface area contributed by atoms with Gasteiger partial charge in [0.25, 0.3) is 0 Å². The lowest BCUT2D eigenvalue weighted by molar-refractivity contribution is -0.131. The number of nitrogens with one attached hydrogen (secondary N) is 1. The third-order valence-electron chi connectivity index (χ3n) is 5.45. The van der Waals surface area contributed by atoms with E-state index in [1.54, 1.807) is 12.3 Å². The zero-order valence-corrected chi connectivity index (χ0v) is 19.4. The number of aliphatic hydroxyl groups excluding tert-OH is 1. The second-order valence-electron chi connectivity index (χ2n) is 7.94. The zero-order chi connectivity index (χ0) is 24.1. The summed E-state index contributed by atoms with van der Waals surface area (Å²) in [4.78, 5) is 22.3. The largest absolute Gasteiger partial charge is 0.478 e. The Labute approximate surface area is 202 Å². The maximum absolute atomic E-state index is 10.9. The van der Waals surface area contributed by atoms with Crippen LogP contribution in [0.3, 0.4) is 0 Å². The Hall–Kier alpha value is -3.46. The number of ether oxygens (including phenoxy) is 1. The van der Waals surface area contributed by atoms with E-state index < -0.39 is 5.97 Å². The number of carboxylic acid groups (broad SMARTS) is 1. The van der Waals surface area contributed by atoms with E-state index in [0.29, 0.717) is 36.5 Å². The molecule has 1 fully saturated rings. The van der Waals surface area contributed by atoms with Crippen LogP contribution in [0.4, 0.5) is 17.5 Å². The maximum Gasteiger partial charge on any atom is 0.328 e. The predicted octanol–water partition coefficient (Wildman–Crippen LogP) is 4.14. The number of benzene rings is 2. The lowest BCUT2D eigenvalue weighted by Gasteiger charge is -2.34. The number of aliphatic hydroxyl groups is 1. The summed E-state index contributed by atoms with van der Waals surface area (Å²) in [5, 5.41) is 22.4. The second kappa shape index (κ2) is 10.6. The van der Waals surface area contributed by atoms with Crippen molar-refractivity contribution in [2.75, 3.05) is 36.5 Å². The molecule has 0 amide bonds. The van der Waals surface area contributed by atoms with Crippen molar-refractivity contribution in [3.8, 4) is 11.1 Å². The molecule has 2 heterocycles. The fourth-order valence-corrected chi connectivity index (χ4v) is 3.86. The van der Waals surface area contributed by atoms with Crippen molar-refractivity contribution < 1.29 is 19.7 Å². The third kappa shape index (κ3) is 5.72. The van der Waals surface area contributed by atoms with Crippen molar-refractivity contribution in [1.29, 1.82) is 0 Å². The fourth-order valence-electron chi connectivity index (χ4n) is 3.68. The standard InChI is InChI=1S/C25H25ClN4O4/c1-16-5-7-19(12-22(16)26)28-25-27-13-21(18-4-2-3-17(11-18)6-8-23(32)33)24(29-25)30-9-10-34-20(14-30)15-31/h2-8,11-13,20,31H,9-10,14-15H2,1H3,(H,32,33)(H,27,28,29)/b8-6+. The van der Waals surface area contributed by atoms with Crippen LogP contribution in [-0.4, -0.2) is 58.6 Å². The molecule has 176 valence electrons. The highest BCUT2D eigenvalue weighted by Gasteiger charge is 2.24.